The third-order valence-corrected chi connectivity index (χ3v) is 5.29. The number of nitrogens with zero attached hydrogens (tertiary/aromatic N) is 1. The van der Waals surface area contributed by atoms with Gasteiger partial charge in [0.2, 0.25) is 0 Å². The van der Waals surface area contributed by atoms with E-state index in [0.717, 1.165) is 16.8 Å². The molecule has 1 amide bonds. The van der Waals surface area contributed by atoms with E-state index in [0.29, 0.717) is 33.7 Å². The summed E-state index contributed by atoms with van der Waals surface area (Å²) in [6.45, 7) is 2.43. The highest BCUT2D eigenvalue weighted by Crippen LogP contribution is 2.40. The zero-order valence-electron chi connectivity index (χ0n) is 16.3. The molecule has 1 aliphatic heterocycles. The van der Waals surface area contributed by atoms with Crippen molar-refractivity contribution in [2.45, 2.75) is 6.92 Å². The van der Waals surface area contributed by atoms with Gasteiger partial charge in [0, 0.05) is 15.6 Å². The Morgan fingerprint density at radius 3 is 2.43 bits per heavy atom. The molecule has 0 aliphatic carbocycles. The molecule has 0 bridgehead atoms. The van der Waals surface area contributed by atoms with Crippen molar-refractivity contribution < 1.29 is 9.53 Å². The van der Waals surface area contributed by atoms with Gasteiger partial charge in [0.25, 0.3) is 5.91 Å². The number of carbonyl (C=O) groups excluding carboxylic acids is 1. The maximum atomic E-state index is 13.5. The quantitative estimate of drug-likeness (QED) is 0.409. The fraction of sp³-hybridized carbons (Fsp3) is 0.0800. The van der Waals surface area contributed by atoms with Crippen molar-refractivity contribution in [3.05, 3.63) is 106 Å². The Balaban J connectivity index is 1.85. The van der Waals surface area contributed by atoms with Crippen LogP contribution in [0.3, 0.4) is 0 Å². The van der Waals surface area contributed by atoms with E-state index in [-0.39, 0.29) is 5.91 Å². The number of anilines is 1. The maximum absolute atomic E-state index is 13.5. The summed E-state index contributed by atoms with van der Waals surface area (Å²) in [6.07, 6.45) is 3.67. The molecule has 30 heavy (non-hydrogen) atoms. The predicted molar refractivity (Wildman–Crippen MR) is 124 cm³/mol. The Morgan fingerprint density at radius 2 is 1.70 bits per heavy atom. The molecule has 0 atom stereocenters. The molecule has 0 saturated carbocycles. The lowest BCUT2D eigenvalue weighted by molar-refractivity contribution is -0.113. The zero-order valence-corrected chi connectivity index (χ0v) is 17.8. The van der Waals surface area contributed by atoms with Gasteiger partial charge in [-0.3, -0.25) is 9.69 Å². The van der Waals surface area contributed by atoms with Gasteiger partial charge < -0.3 is 4.74 Å². The summed E-state index contributed by atoms with van der Waals surface area (Å²) in [7, 11) is 0. The first kappa shape index (κ1) is 20.3. The van der Waals surface area contributed by atoms with Crippen LogP contribution in [-0.2, 0) is 4.79 Å². The standard InChI is InChI=1S/C25H19Cl2NO2/c1-2-30-24-11-7-6-10-22(24)28-23(17-8-4-3-5-9-17)15-19(25(28)29)14-18-12-13-20(26)16-21(18)27/h3-16H,2H2,1H3/b19-14+. The third-order valence-electron chi connectivity index (χ3n) is 4.73. The van der Waals surface area contributed by atoms with Gasteiger partial charge in [-0.25, -0.2) is 0 Å². The van der Waals surface area contributed by atoms with Crippen molar-refractivity contribution in [3.8, 4) is 5.75 Å². The lowest BCUT2D eigenvalue weighted by Crippen LogP contribution is -2.25. The SMILES string of the molecule is CCOc1ccccc1N1C(=O)/C(=C/c2ccc(Cl)cc2Cl)C=C1c1ccccc1. The number of rotatable bonds is 5. The van der Waals surface area contributed by atoms with Crippen molar-refractivity contribution in [1.29, 1.82) is 0 Å². The molecule has 0 aromatic heterocycles. The summed E-state index contributed by atoms with van der Waals surface area (Å²) in [6, 6.07) is 22.6. The lowest BCUT2D eigenvalue weighted by atomic mass is 10.1. The minimum absolute atomic E-state index is 0.146. The van der Waals surface area contributed by atoms with Gasteiger partial charge in [-0.15, -0.1) is 0 Å². The van der Waals surface area contributed by atoms with Gasteiger partial charge in [0.05, 0.1) is 18.0 Å². The molecule has 0 spiro atoms. The molecule has 0 radical (unpaired) electrons. The second kappa shape index (κ2) is 8.78. The van der Waals surface area contributed by atoms with Crippen LogP contribution >= 0.6 is 23.2 Å². The Bertz CT molecular complexity index is 1150. The van der Waals surface area contributed by atoms with Gasteiger partial charge in [-0.1, -0.05) is 71.7 Å². The third kappa shape index (κ3) is 4.00. The van der Waals surface area contributed by atoms with E-state index >= 15 is 0 Å². The van der Waals surface area contributed by atoms with E-state index in [1.807, 2.05) is 67.6 Å². The Kier molecular flexibility index (Phi) is 5.93. The van der Waals surface area contributed by atoms with Crippen LogP contribution in [0.4, 0.5) is 5.69 Å². The molecule has 5 heteroatoms. The second-order valence-electron chi connectivity index (χ2n) is 6.70. The Morgan fingerprint density at radius 1 is 0.967 bits per heavy atom. The largest absolute Gasteiger partial charge is 0.492 e. The molecule has 0 fully saturated rings. The number of ether oxygens (including phenoxy) is 1. The van der Waals surface area contributed by atoms with Crippen molar-refractivity contribution in [1.82, 2.24) is 0 Å². The highest BCUT2D eigenvalue weighted by Gasteiger charge is 2.32. The van der Waals surface area contributed by atoms with E-state index in [9.17, 15) is 4.79 Å². The number of para-hydroxylation sites is 2. The van der Waals surface area contributed by atoms with E-state index in [1.54, 1.807) is 29.2 Å². The van der Waals surface area contributed by atoms with Gasteiger partial charge >= 0.3 is 0 Å². The minimum atomic E-state index is -0.146. The fourth-order valence-corrected chi connectivity index (χ4v) is 3.84. The van der Waals surface area contributed by atoms with Crippen molar-refractivity contribution >= 4 is 46.6 Å². The van der Waals surface area contributed by atoms with Crippen LogP contribution in [0.15, 0.2) is 84.4 Å². The van der Waals surface area contributed by atoms with Gasteiger partial charge in [-0.2, -0.15) is 0 Å². The molecular weight excluding hydrogens is 417 g/mol. The average Bonchev–Trinajstić information content (AvgIpc) is 3.07. The topological polar surface area (TPSA) is 29.5 Å². The molecule has 3 aromatic carbocycles. The summed E-state index contributed by atoms with van der Waals surface area (Å²) in [5, 5.41) is 1.04. The van der Waals surface area contributed by atoms with Crippen LogP contribution in [0.1, 0.15) is 18.1 Å². The minimum Gasteiger partial charge on any atom is -0.492 e. The number of amides is 1. The number of hydrogen-bond donors (Lipinski definition) is 0. The van der Waals surface area contributed by atoms with E-state index in [2.05, 4.69) is 0 Å². The molecule has 1 heterocycles. The van der Waals surface area contributed by atoms with Crippen molar-refractivity contribution in [2.24, 2.45) is 0 Å². The normalized spacial score (nSPS) is 14.9. The Labute approximate surface area is 185 Å². The van der Waals surface area contributed by atoms with Crippen LogP contribution in [-0.4, -0.2) is 12.5 Å². The number of carbonyl (C=O) groups is 1. The summed E-state index contributed by atoms with van der Waals surface area (Å²) in [4.78, 5) is 15.2. The maximum Gasteiger partial charge on any atom is 0.263 e. The van der Waals surface area contributed by atoms with Gasteiger partial charge in [0.15, 0.2) is 0 Å². The number of hydrogen-bond acceptors (Lipinski definition) is 2. The lowest BCUT2D eigenvalue weighted by Gasteiger charge is -2.23. The van der Waals surface area contributed by atoms with E-state index in [1.165, 1.54) is 0 Å². The predicted octanol–water partition coefficient (Wildman–Crippen LogP) is 6.86. The summed E-state index contributed by atoms with van der Waals surface area (Å²) < 4.78 is 5.79. The molecule has 0 N–H and O–H groups in total. The average molecular weight is 436 g/mol. The first-order valence-electron chi connectivity index (χ1n) is 9.58. The first-order valence-corrected chi connectivity index (χ1v) is 10.3. The van der Waals surface area contributed by atoms with Crippen LogP contribution in [0.25, 0.3) is 11.8 Å². The molecule has 0 unspecified atom stereocenters. The first-order chi connectivity index (χ1) is 14.6. The highest BCUT2D eigenvalue weighted by molar-refractivity contribution is 6.35. The molecule has 0 saturated heterocycles. The van der Waals surface area contributed by atoms with E-state index in [4.69, 9.17) is 27.9 Å². The zero-order chi connectivity index (χ0) is 21.1. The molecule has 3 nitrogen and oxygen atoms in total. The van der Waals surface area contributed by atoms with Gasteiger partial charge in [0.1, 0.15) is 5.75 Å². The summed E-state index contributed by atoms with van der Waals surface area (Å²) in [5.41, 5.74) is 3.68. The molecular formula is C25H19Cl2NO2. The smallest absolute Gasteiger partial charge is 0.263 e. The van der Waals surface area contributed by atoms with Crippen LogP contribution in [0, 0.1) is 0 Å². The molecule has 1 aliphatic rings. The van der Waals surface area contributed by atoms with Crippen molar-refractivity contribution in [3.63, 3.8) is 0 Å². The van der Waals surface area contributed by atoms with Gasteiger partial charge in [-0.05, 0) is 54.5 Å². The summed E-state index contributed by atoms with van der Waals surface area (Å²) >= 11 is 12.3. The number of benzene rings is 3. The monoisotopic (exact) mass is 435 g/mol. The van der Waals surface area contributed by atoms with E-state index < -0.39 is 0 Å². The molecule has 3 aromatic rings. The van der Waals surface area contributed by atoms with Crippen LogP contribution in [0.2, 0.25) is 10.0 Å². The van der Waals surface area contributed by atoms with Crippen molar-refractivity contribution in [2.75, 3.05) is 11.5 Å². The molecule has 4 rings (SSSR count). The second-order valence-corrected chi connectivity index (χ2v) is 7.55. The number of halogens is 2. The van der Waals surface area contributed by atoms with Crippen LogP contribution in [0.5, 0.6) is 5.75 Å². The molecule has 150 valence electrons. The highest BCUT2D eigenvalue weighted by atomic mass is 35.5. The fourth-order valence-electron chi connectivity index (χ4n) is 3.38. The Hall–Kier alpha value is -3.01. The summed E-state index contributed by atoms with van der Waals surface area (Å²) in [5.74, 6) is 0.507. The van der Waals surface area contributed by atoms with Crippen LogP contribution < -0.4 is 9.64 Å².